The fourth-order valence-corrected chi connectivity index (χ4v) is 4.42. The third-order valence-electron chi connectivity index (χ3n) is 3.59. The summed E-state index contributed by atoms with van der Waals surface area (Å²) in [5.41, 5.74) is 2.26. The molecular formula is C12H16N4O3S. The summed E-state index contributed by atoms with van der Waals surface area (Å²) in [5.74, 6) is 0.802. The molecule has 0 radical (unpaired) electrons. The van der Waals surface area contributed by atoms with Crippen molar-refractivity contribution in [3.8, 4) is 0 Å². The summed E-state index contributed by atoms with van der Waals surface area (Å²) in [5, 5.41) is 10.7. The number of hydrogen-bond acceptors (Lipinski definition) is 5. The summed E-state index contributed by atoms with van der Waals surface area (Å²) in [6.07, 6.45) is 1.61. The van der Waals surface area contributed by atoms with Gasteiger partial charge in [0.2, 0.25) is 0 Å². The Morgan fingerprint density at radius 1 is 1.30 bits per heavy atom. The van der Waals surface area contributed by atoms with Crippen molar-refractivity contribution in [3.63, 3.8) is 0 Å². The molecule has 108 valence electrons. The maximum Gasteiger partial charge on any atom is 0.270 e. The summed E-state index contributed by atoms with van der Waals surface area (Å²) < 4.78 is 32.0. The van der Waals surface area contributed by atoms with E-state index < -0.39 is 10.0 Å². The zero-order chi connectivity index (χ0) is 14.5. The highest BCUT2D eigenvalue weighted by Gasteiger charge is 2.35. The maximum atomic E-state index is 12.8. The Labute approximate surface area is 117 Å². The van der Waals surface area contributed by atoms with Gasteiger partial charge in [0.1, 0.15) is 5.69 Å². The average molecular weight is 296 g/mol. The second kappa shape index (κ2) is 4.34. The molecule has 3 heterocycles. The molecule has 0 saturated carbocycles. The Balaban J connectivity index is 2.15. The van der Waals surface area contributed by atoms with E-state index in [4.69, 9.17) is 4.52 Å². The van der Waals surface area contributed by atoms with E-state index in [0.717, 1.165) is 24.1 Å². The topological polar surface area (TPSA) is 92.1 Å². The van der Waals surface area contributed by atoms with E-state index >= 15 is 0 Å². The first kappa shape index (κ1) is 13.2. The van der Waals surface area contributed by atoms with Crippen molar-refractivity contribution in [3.05, 3.63) is 22.7 Å². The molecule has 0 bridgehead atoms. The summed E-state index contributed by atoms with van der Waals surface area (Å²) in [6, 6.07) is 0. The van der Waals surface area contributed by atoms with E-state index in [1.54, 1.807) is 13.8 Å². The minimum Gasteiger partial charge on any atom is -0.360 e. The van der Waals surface area contributed by atoms with Crippen LogP contribution in [0.15, 0.2) is 9.42 Å². The molecule has 1 N–H and O–H groups in total. The van der Waals surface area contributed by atoms with Crippen LogP contribution < -0.4 is 4.31 Å². The number of aromatic amines is 1. The lowest BCUT2D eigenvalue weighted by Crippen LogP contribution is -2.36. The first-order chi connectivity index (χ1) is 9.43. The van der Waals surface area contributed by atoms with Crippen LogP contribution in [0.3, 0.4) is 0 Å². The molecule has 0 spiro atoms. The number of nitrogens with zero attached hydrogens (tertiary/aromatic N) is 3. The minimum atomic E-state index is -3.69. The minimum absolute atomic E-state index is 0.144. The smallest absolute Gasteiger partial charge is 0.270 e. The van der Waals surface area contributed by atoms with Crippen LogP contribution in [0, 0.1) is 20.8 Å². The van der Waals surface area contributed by atoms with Crippen molar-refractivity contribution in [1.82, 2.24) is 15.4 Å². The van der Waals surface area contributed by atoms with Gasteiger partial charge in [-0.3, -0.25) is 5.10 Å². The van der Waals surface area contributed by atoms with Crippen LogP contribution in [0.2, 0.25) is 0 Å². The summed E-state index contributed by atoms with van der Waals surface area (Å²) >= 11 is 0. The summed E-state index contributed by atoms with van der Waals surface area (Å²) in [6.45, 7) is 5.55. The number of fused-ring (bicyclic) bond motifs is 1. The highest BCUT2D eigenvalue weighted by Crippen LogP contribution is 2.33. The Morgan fingerprint density at radius 3 is 2.70 bits per heavy atom. The molecule has 1 aliphatic rings. The molecule has 1 aliphatic heterocycles. The molecule has 0 fully saturated rings. The van der Waals surface area contributed by atoms with E-state index in [-0.39, 0.29) is 4.90 Å². The van der Waals surface area contributed by atoms with Crippen LogP contribution in [0.4, 0.5) is 5.82 Å². The summed E-state index contributed by atoms with van der Waals surface area (Å²) in [7, 11) is -3.69. The first-order valence-electron chi connectivity index (χ1n) is 6.42. The second-order valence-electron chi connectivity index (χ2n) is 4.98. The van der Waals surface area contributed by atoms with Gasteiger partial charge in [-0.2, -0.15) is 5.10 Å². The molecule has 0 aromatic carbocycles. The Morgan fingerprint density at radius 2 is 2.05 bits per heavy atom. The highest BCUT2D eigenvalue weighted by atomic mass is 32.2. The van der Waals surface area contributed by atoms with Crippen molar-refractivity contribution >= 4 is 15.8 Å². The van der Waals surface area contributed by atoms with Crippen molar-refractivity contribution in [1.29, 1.82) is 0 Å². The van der Waals surface area contributed by atoms with Crippen LogP contribution in [-0.4, -0.2) is 30.3 Å². The van der Waals surface area contributed by atoms with Gasteiger partial charge in [-0.15, -0.1) is 0 Å². The number of rotatable bonds is 2. The van der Waals surface area contributed by atoms with Crippen LogP contribution in [0.1, 0.15) is 29.1 Å². The number of sulfonamides is 1. The van der Waals surface area contributed by atoms with Crippen LogP contribution in [0.25, 0.3) is 0 Å². The van der Waals surface area contributed by atoms with Crippen molar-refractivity contribution in [2.75, 3.05) is 10.8 Å². The molecule has 7 nitrogen and oxygen atoms in total. The standard InChI is InChI=1S/C12H16N4O3S/c1-7-10-5-4-6-16(12(10)14-13-7)20(17,18)11-8(2)15-19-9(11)3/h4-6H2,1-3H3,(H,13,14). The van der Waals surface area contributed by atoms with Crippen molar-refractivity contribution in [2.24, 2.45) is 0 Å². The molecule has 3 rings (SSSR count). The molecular weight excluding hydrogens is 280 g/mol. The molecule has 0 amide bonds. The third kappa shape index (κ3) is 1.75. The molecule has 20 heavy (non-hydrogen) atoms. The zero-order valence-corrected chi connectivity index (χ0v) is 12.4. The number of anilines is 1. The number of aryl methyl sites for hydroxylation is 3. The first-order valence-corrected chi connectivity index (χ1v) is 7.86. The van der Waals surface area contributed by atoms with E-state index in [2.05, 4.69) is 15.4 Å². The molecule has 0 saturated heterocycles. The lowest BCUT2D eigenvalue weighted by atomic mass is 10.1. The zero-order valence-electron chi connectivity index (χ0n) is 11.6. The van der Waals surface area contributed by atoms with Crippen molar-refractivity contribution < 1.29 is 12.9 Å². The predicted molar refractivity (Wildman–Crippen MR) is 72.2 cm³/mol. The number of nitrogens with one attached hydrogen (secondary N) is 1. The number of aromatic nitrogens is 3. The molecule has 2 aromatic heterocycles. The van der Waals surface area contributed by atoms with Gasteiger partial charge in [0.05, 0.1) is 0 Å². The van der Waals surface area contributed by atoms with Crippen LogP contribution in [0.5, 0.6) is 0 Å². The normalized spacial score (nSPS) is 15.4. The number of H-pyrrole nitrogens is 1. The van der Waals surface area contributed by atoms with Gasteiger partial charge < -0.3 is 4.52 Å². The fraction of sp³-hybridized carbons (Fsp3) is 0.500. The highest BCUT2D eigenvalue weighted by molar-refractivity contribution is 7.93. The Kier molecular flexibility index (Phi) is 2.86. The van der Waals surface area contributed by atoms with Crippen molar-refractivity contribution in [2.45, 2.75) is 38.5 Å². The predicted octanol–water partition coefficient (Wildman–Crippen LogP) is 1.46. The van der Waals surface area contributed by atoms with Gasteiger partial charge in [-0.25, -0.2) is 12.7 Å². The SMILES string of the molecule is Cc1noc(C)c1S(=O)(=O)N1CCCc2c1n[nH]c2C. The maximum absolute atomic E-state index is 12.8. The van der Waals surface area contributed by atoms with Gasteiger partial charge in [0.25, 0.3) is 10.0 Å². The Hall–Kier alpha value is -1.83. The van der Waals surface area contributed by atoms with Crippen LogP contribution >= 0.6 is 0 Å². The van der Waals surface area contributed by atoms with Gasteiger partial charge in [0.15, 0.2) is 16.5 Å². The molecule has 0 unspecified atom stereocenters. The number of hydrogen-bond donors (Lipinski definition) is 1. The lowest BCUT2D eigenvalue weighted by molar-refractivity contribution is 0.390. The lowest BCUT2D eigenvalue weighted by Gasteiger charge is -2.26. The molecule has 0 aliphatic carbocycles. The molecule has 0 atom stereocenters. The Bertz CT molecular complexity index is 740. The van der Waals surface area contributed by atoms with E-state index in [9.17, 15) is 8.42 Å². The third-order valence-corrected chi connectivity index (χ3v) is 5.63. The quantitative estimate of drug-likeness (QED) is 0.905. The van der Waals surface area contributed by atoms with E-state index in [1.807, 2.05) is 6.92 Å². The largest absolute Gasteiger partial charge is 0.360 e. The fourth-order valence-electron chi connectivity index (χ4n) is 2.64. The monoisotopic (exact) mass is 296 g/mol. The van der Waals surface area contributed by atoms with Gasteiger partial charge in [0, 0.05) is 17.8 Å². The van der Waals surface area contributed by atoms with Gasteiger partial charge in [-0.1, -0.05) is 5.16 Å². The summed E-state index contributed by atoms with van der Waals surface area (Å²) in [4.78, 5) is 0.144. The van der Waals surface area contributed by atoms with E-state index in [0.29, 0.717) is 23.8 Å². The van der Waals surface area contributed by atoms with Gasteiger partial charge in [-0.05, 0) is 33.6 Å². The average Bonchev–Trinajstić information content (AvgIpc) is 2.93. The van der Waals surface area contributed by atoms with Crippen LogP contribution in [-0.2, 0) is 16.4 Å². The van der Waals surface area contributed by atoms with E-state index in [1.165, 1.54) is 4.31 Å². The second-order valence-corrected chi connectivity index (χ2v) is 6.78. The molecule has 8 heteroatoms. The molecule has 2 aromatic rings. The van der Waals surface area contributed by atoms with Gasteiger partial charge >= 0.3 is 0 Å².